The van der Waals surface area contributed by atoms with E-state index in [-0.39, 0.29) is 35.0 Å². The fraction of sp³-hybridized carbons (Fsp3) is 0.481. The zero-order chi connectivity index (χ0) is 27.7. The topological polar surface area (TPSA) is 122 Å². The summed E-state index contributed by atoms with van der Waals surface area (Å²) < 4.78 is 40.6. The van der Waals surface area contributed by atoms with Gasteiger partial charge in [-0.25, -0.2) is 14.2 Å². The minimum absolute atomic E-state index is 0.0263. The number of benzene rings is 1. The summed E-state index contributed by atoms with van der Waals surface area (Å²) in [4.78, 5) is 41.9. The van der Waals surface area contributed by atoms with E-state index in [0.717, 1.165) is 0 Å². The van der Waals surface area contributed by atoms with Gasteiger partial charge >= 0.3 is 11.9 Å². The van der Waals surface area contributed by atoms with Crippen LogP contribution in [0.5, 0.6) is 17.2 Å². The van der Waals surface area contributed by atoms with Crippen molar-refractivity contribution in [3.63, 3.8) is 0 Å². The Bertz CT molecular complexity index is 1110. The summed E-state index contributed by atoms with van der Waals surface area (Å²) in [5.74, 6) is -1.74. The Hall–Kier alpha value is -3.89. The zero-order valence-electron chi connectivity index (χ0n) is 21.9. The molecule has 0 radical (unpaired) electrons. The van der Waals surface area contributed by atoms with Gasteiger partial charge < -0.3 is 29.0 Å². The van der Waals surface area contributed by atoms with E-state index >= 15 is 0 Å². The summed E-state index contributed by atoms with van der Waals surface area (Å²) in [6, 6.07) is 6.29. The number of amides is 1. The van der Waals surface area contributed by atoms with E-state index in [9.17, 15) is 18.8 Å². The van der Waals surface area contributed by atoms with Gasteiger partial charge in [0.15, 0.2) is 17.2 Å². The molecule has 0 aliphatic carbocycles. The molecule has 11 heteroatoms. The predicted molar refractivity (Wildman–Crippen MR) is 133 cm³/mol. The van der Waals surface area contributed by atoms with Crippen molar-refractivity contribution in [2.75, 3.05) is 13.9 Å². The molecule has 1 N–H and O–H groups in total. The van der Waals surface area contributed by atoms with Crippen molar-refractivity contribution < 1.29 is 42.5 Å². The molecular weight excluding hydrogens is 499 g/mol. The smallest absolute Gasteiger partial charge is 0.328 e. The highest BCUT2D eigenvalue weighted by Gasteiger charge is 2.30. The summed E-state index contributed by atoms with van der Waals surface area (Å²) in [6.45, 7) is 4.66. The van der Waals surface area contributed by atoms with Crippen LogP contribution in [0, 0.1) is 11.7 Å². The number of nitrogens with zero attached hydrogens (tertiary/aromatic N) is 1. The Morgan fingerprint density at radius 1 is 1.18 bits per heavy atom. The van der Waals surface area contributed by atoms with Gasteiger partial charge in [-0.2, -0.15) is 0 Å². The van der Waals surface area contributed by atoms with Gasteiger partial charge in [0.2, 0.25) is 6.79 Å². The first-order valence-electron chi connectivity index (χ1n) is 12.4. The largest absolute Gasteiger partial charge is 0.493 e. The van der Waals surface area contributed by atoms with Gasteiger partial charge in [-0.1, -0.05) is 13.8 Å². The highest BCUT2D eigenvalue weighted by Crippen LogP contribution is 2.30. The lowest BCUT2D eigenvalue weighted by Crippen LogP contribution is -2.43. The maximum Gasteiger partial charge on any atom is 0.328 e. The summed E-state index contributed by atoms with van der Waals surface area (Å²) in [6.07, 6.45) is 2.51. The number of nitrogens with one attached hydrogen (secondary N) is 1. The van der Waals surface area contributed by atoms with Crippen LogP contribution in [0.15, 0.2) is 36.5 Å². The molecule has 1 saturated heterocycles. The van der Waals surface area contributed by atoms with Crippen LogP contribution in [0.2, 0.25) is 0 Å². The van der Waals surface area contributed by atoms with E-state index in [0.29, 0.717) is 31.4 Å². The van der Waals surface area contributed by atoms with Gasteiger partial charge in [-0.3, -0.25) is 9.59 Å². The number of cyclic esters (lactones) is 1. The number of methoxy groups -OCH3 is 1. The second kappa shape index (κ2) is 13.6. The maximum atomic E-state index is 13.2. The van der Waals surface area contributed by atoms with Crippen molar-refractivity contribution in [2.24, 2.45) is 5.92 Å². The molecule has 1 aromatic heterocycles. The summed E-state index contributed by atoms with van der Waals surface area (Å²) >= 11 is 0. The van der Waals surface area contributed by atoms with Gasteiger partial charge in [-0.05, 0) is 50.5 Å². The molecule has 2 aromatic rings. The number of hydrogen-bond donors (Lipinski definition) is 1. The molecule has 1 aromatic carbocycles. The molecule has 3 rings (SSSR count). The molecule has 0 bridgehead atoms. The van der Waals surface area contributed by atoms with E-state index in [1.807, 2.05) is 0 Å². The number of pyridine rings is 1. The first-order chi connectivity index (χ1) is 18.2. The zero-order valence-corrected chi connectivity index (χ0v) is 21.9. The number of ether oxygens (including phenoxy) is 5. The lowest BCUT2D eigenvalue weighted by molar-refractivity contribution is -0.154. The van der Waals surface area contributed by atoms with Crippen LogP contribution in [0.4, 0.5) is 4.39 Å². The summed E-state index contributed by atoms with van der Waals surface area (Å²) in [7, 11) is 1.39. The van der Waals surface area contributed by atoms with Gasteiger partial charge in [0.1, 0.15) is 29.8 Å². The van der Waals surface area contributed by atoms with Crippen LogP contribution >= 0.6 is 0 Å². The summed E-state index contributed by atoms with van der Waals surface area (Å²) in [5, 5.41) is 2.68. The molecule has 38 heavy (non-hydrogen) atoms. The minimum Gasteiger partial charge on any atom is -0.493 e. The second-order valence-corrected chi connectivity index (χ2v) is 9.21. The molecular formula is C27H33FN2O8. The van der Waals surface area contributed by atoms with Crippen molar-refractivity contribution >= 4 is 17.8 Å². The number of hydrogen-bond acceptors (Lipinski definition) is 9. The quantitative estimate of drug-likeness (QED) is 0.379. The molecule has 2 unspecified atom stereocenters. The van der Waals surface area contributed by atoms with E-state index < -0.39 is 36.8 Å². The third kappa shape index (κ3) is 8.06. The average Bonchev–Trinajstić information content (AvgIpc) is 2.94. The number of halogens is 1. The van der Waals surface area contributed by atoms with Crippen molar-refractivity contribution in [1.29, 1.82) is 0 Å². The highest BCUT2D eigenvalue weighted by molar-refractivity contribution is 5.98. The fourth-order valence-electron chi connectivity index (χ4n) is 3.86. The van der Waals surface area contributed by atoms with Crippen LogP contribution in [-0.2, 0) is 19.1 Å². The Morgan fingerprint density at radius 3 is 2.61 bits per heavy atom. The number of rotatable bonds is 9. The molecule has 1 aliphatic rings. The molecule has 1 amide bonds. The summed E-state index contributed by atoms with van der Waals surface area (Å²) in [5.41, 5.74) is -0.136. The van der Waals surface area contributed by atoms with Crippen molar-refractivity contribution in [3.8, 4) is 17.2 Å². The second-order valence-electron chi connectivity index (χ2n) is 9.21. The molecule has 0 saturated carbocycles. The van der Waals surface area contributed by atoms with E-state index in [1.54, 1.807) is 32.9 Å². The number of carbonyl (C=O) groups excluding carboxylic acids is 3. The normalized spacial score (nSPS) is 19.8. The fourth-order valence-corrected chi connectivity index (χ4v) is 3.86. The Labute approximate surface area is 220 Å². The van der Waals surface area contributed by atoms with Crippen LogP contribution in [-0.4, -0.2) is 55.0 Å². The van der Waals surface area contributed by atoms with Gasteiger partial charge in [0, 0.05) is 18.7 Å². The predicted octanol–water partition coefficient (Wildman–Crippen LogP) is 3.82. The molecule has 1 aliphatic heterocycles. The molecule has 1 fully saturated rings. The number of aromatic nitrogens is 1. The first kappa shape index (κ1) is 28.7. The number of esters is 2. The monoisotopic (exact) mass is 532 g/mol. The van der Waals surface area contributed by atoms with E-state index in [2.05, 4.69) is 10.3 Å². The lowest BCUT2D eigenvalue weighted by Gasteiger charge is -2.21. The standard InChI is InChI=1S/C27H33FN2O8/c1-16(2)26(32)36-15-35-24-22(34-4)12-13-29-23(24)25(31)30-21-7-5-6-20(14-17(3)37-27(21)33)38-19-10-8-18(28)9-11-19/h8-13,16-17,20-21H,5-7,14-15H2,1-4H3,(H,30,31)/t17?,20?,21-/m0/s1. The van der Waals surface area contributed by atoms with E-state index in [1.165, 1.54) is 31.5 Å². The van der Waals surface area contributed by atoms with Crippen LogP contribution in [0.25, 0.3) is 0 Å². The Balaban J connectivity index is 1.68. The van der Waals surface area contributed by atoms with Crippen molar-refractivity contribution in [3.05, 3.63) is 48.0 Å². The van der Waals surface area contributed by atoms with Gasteiger partial charge in [-0.15, -0.1) is 0 Å². The Morgan fingerprint density at radius 2 is 1.92 bits per heavy atom. The van der Waals surface area contributed by atoms with Gasteiger partial charge in [0.05, 0.1) is 13.0 Å². The van der Waals surface area contributed by atoms with Crippen LogP contribution in [0.3, 0.4) is 0 Å². The highest BCUT2D eigenvalue weighted by atomic mass is 19.1. The Kier molecular flexibility index (Phi) is 10.3. The van der Waals surface area contributed by atoms with E-state index in [4.69, 9.17) is 23.7 Å². The van der Waals surface area contributed by atoms with Crippen LogP contribution in [0.1, 0.15) is 56.9 Å². The average molecular weight is 533 g/mol. The minimum atomic E-state index is -0.936. The molecule has 206 valence electrons. The molecule has 10 nitrogen and oxygen atoms in total. The van der Waals surface area contributed by atoms with Crippen molar-refractivity contribution in [1.82, 2.24) is 10.3 Å². The SMILES string of the molecule is COc1ccnc(C(=O)N[C@H]2CCCC(Oc3ccc(F)cc3)CC(C)OC2=O)c1OCOC(=O)C(C)C. The third-order valence-corrected chi connectivity index (χ3v) is 5.82. The molecule has 0 spiro atoms. The molecule has 2 heterocycles. The maximum absolute atomic E-state index is 13.2. The lowest BCUT2D eigenvalue weighted by atomic mass is 10.0. The van der Waals surface area contributed by atoms with Crippen molar-refractivity contribution in [2.45, 2.75) is 64.7 Å². The third-order valence-electron chi connectivity index (χ3n) is 5.82. The molecule has 3 atom stereocenters. The number of carbonyl (C=O) groups is 3. The van der Waals surface area contributed by atoms with Gasteiger partial charge in [0.25, 0.3) is 5.91 Å². The first-order valence-corrected chi connectivity index (χ1v) is 12.4. The van der Waals surface area contributed by atoms with Crippen LogP contribution < -0.4 is 19.5 Å².